The fraction of sp³-hybridized carbons (Fsp3) is 0.100. The molecule has 146 valence electrons. The number of aromatic nitrogens is 1. The number of benzene rings is 2. The Balaban J connectivity index is 1.61. The Morgan fingerprint density at radius 2 is 1.38 bits per heavy atom. The molecular formula is C20H12F2N2O2S3. The lowest BCUT2D eigenvalue weighted by atomic mass is 10.1. The van der Waals surface area contributed by atoms with Crippen LogP contribution in [0.4, 0.5) is 8.78 Å². The number of hydrogen-bond acceptors (Lipinski definition) is 7. The molecule has 0 radical (unpaired) electrons. The van der Waals surface area contributed by atoms with Crippen LogP contribution in [0.2, 0.25) is 0 Å². The monoisotopic (exact) mass is 446 g/mol. The Bertz CT molecular complexity index is 996. The van der Waals surface area contributed by atoms with E-state index >= 15 is 0 Å². The highest BCUT2D eigenvalue weighted by Gasteiger charge is 2.18. The van der Waals surface area contributed by atoms with E-state index in [1.54, 1.807) is 0 Å². The number of nitrogens with zero attached hydrogens (tertiary/aromatic N) is 2. The molecule has 3 rings (SSSR count). The van der Waals surface area contributed by atoms with Crippen molar-refractivity contribution >= 4 is 46.6 Å². The molecule has 9 heteroatoms. The Hall–Kier alpha value is -2.54. The molecule has 0 atom stereocenters. The summed E-state index contributed by atoms with van der Waals surface area (Å²) in [7, 11) is 0. The van der Waals surface area contributed by atoms with Crippen LogP contribution >= 0.6 is 35.1 Å². The van der Waals surface area contributed by atoms with Gasteiger partial charge in [-0.2, -0.15) is 9.64 Å². The zero-order chi connectivity index (χ0) is 20.8. The largest absolute Gasteiger partial charge is 0.293 e. The van der Waals surface area contributed by atoms with Gasteiger partial charge in [0.15, 0.2) is 11.6 Å². The zero-order valence-corrected chi connectivity index (χ0v) is 17.2. The lowest BCUT2D eigenvalue weighted by Gasteiger charge is -2.01. The topological polar surface area (TPSA) is 70.8 Å². The standard InChI is InChI=1S/C20H12F2N2O2S3/c21-14-5-1-12(2-6-14)17(25)10-27-19-16(9-23)20(29-24-19)28-11-18(26)13-3-7-15(22)8-4-13/h1-8H,10-11H2. The van der Waals surface area contributed by atoms with Crippen molar-refractivity contribution < 1.29 is 18.4 Å². The third kappa shape index (κ3) is 5.50. The first-order valence-electron chi connectivity index (χ1n) is 8.21. The van der Waals surface area contributed by atoms with Crippen molar-refractivity contribution in [1.82, 2.24) is 4.37 Å². The molecule has 1 heterocycles. The Morgan fingerprint density at radius 1 is 0.897 bits per heavy atom. The van der Waals surface area contributed by atoms with E-state index in [0.29, 0.717) is 25.9 Å². The summed E-state index contributed by atoms with van der Waals surface area (Å²) in [5.74, 6) is -1.08. The molecule has 0 N–H and O–H groups in total. The van der Waals surface area contributed by atoms with Gasteiger partial charge in [0.1, 0.15) is 32.5 Å². The first kappa shape index (κ1) is 21.2. The normalized spacial score (nSPS) is 10.5. The van der Waals surface area contributed by atoms with Gasteiger partial charge < -0.3 is 0 Å². The van der Waals surface area contributed by atoms with Crippen LogP contribution in [0.3, 0.4) is 0 Å². The van der Waals surface area contributed by atoms with Crippen molar-refractivity contribution in [2.75, 3.05) is 11.5 Å². The van der Waals surface area contributed by atoms with E-state index in [1.807, 2.05) is 0 Å². The number of hydrogen-bond donors (Lipinski definition) is 0. The van der Waals surface area contributed by atoms with Gasteiger partial charge in [0.05, 0.1) is 11.5 Å². The van der Waals surface area contributed by atoms with Crippen molar-refractivity contribution in [3.8, 4) is 6.07 Å². The number of ketones is 2. The Labute approximate surface area is 178 Å². The lowest BCUT2D eigenvalue weighted by molar-refractivity contribution is 0.101. The number of carbonyl (C=O) groups is 2. The van der Waals surface area contributed by atoms with Crippen LogP contribution in [0.1, 0.15) is 26.3 Å². The van der Waals surface area contributed by atoms with Crippen molar-refractivity contribution in [3.63, 3.8) is 0 Å². The van der Waals surface area contributed by atoms with Gasteiger partial charge in [-0.3, -0.25) is 9.59 Å². The summed E-state index contributed by atoms with van der Waals surface area (Å²) in [6, 6.07) is 12.6. The molecule has 29 heavy (non-hydrogen) atoms. The molecule has 0 unspecified atom stereocenters. The maximum absolute atomic E-state index is 13.0. The molecule has 0 aliphatic carbocycles. The fourth-order valence-corrected chi connectivity index (χ4v) is 5.14. The predicted molar refractivity (Wildman–Crippen MR) is 110 cm³/mol. The van der Waals surface area contributed by atoms with Gasteiger partial charge in [0.25, 0.3) is 0 Å². The maximum Gasteiger partial charge on any atom is 0.173 e. The predicted octanol–water partition coefficient (Wildman–Crippen LogP) is 5.24. The molecule has 0 aliphatic heterocycles. The molecule has 3 aromatic rings. The number of halogens is 2. The average molecular weight is 447 g/mol. The number of Topliss-reactive ketones (excluding diaryl/α,β-unsaturated/α-hetero) is 2. The highest BCUT2D eigenvalue weighted by atomic mass is 32.2. The summed E-state index contributed by atoms with van der Waals surface area (Å²) in [4.78, 5) is 24.4. The molecule has 0 fully saturated rings. The van der Waals surface area contributed by atoms with Gasteiger partial charge in [0.2, 0.25) is 0 Å². The van der Waals surface area contributed by atoms with Crippen LogP contribution in [0.25, 0.3) is 0 Å². The third-order valence-electron chi connectivity index (χ3n) is 3.75. The van der Waals surface area contributed by atoms with Crippen LogP contribution < -0.4 is 0 Å². The zero-order valence-electron chi connectivity index (χ0n) is 14.7. The molecule has 4 nitrogen and oxygen atoms in total. The molecule has 0 aliphatic rings. The number of rotatable bonds is 8. The van der Waals surface area contributed by atoms with Gasteiger partial charge in [-0.1, -0.05) is 11.8 Å². The second-order valence-corrected chi connectivity index (χ2v) is 8.68. The van der Waals surface area contributed by atoms with Gasteiger partial charge in [-0.05, 0) is 60.1 Å². The minimum atomic E-state index is -0.419. The van der Waals surface area contributed by atoms with Crippen molar-refractivity contribution in [1.29, 1.82) is 5.26 Å². The molecule has 0 bridgehead atoms. The third-order valence-corrected chi connectivity index (χ3v) is 6.93. The van der Waals surface area contributed by atoms with Gasteiger partial charge in [-0.15, -0.1) is 11.8 Å². The highest BCUT2D eigenvalue weighted by molar-refractivity contribution is 8.02. The second kappa shape index (κ2) is 9.78. The van der Waals surface area contributed by atoms with E-state index in [4.69, 9.17) is 0 Å². The van der Waals surface area contributed by atoms with E-state index < -0.39 is 11.6 Å². The molecule has 0 saturated heterocycles. The summed E-state index contributed by atoms with van der Waals surface area (Å²) in [5.41, 5.74) is 1.09. The summed E-state index contributed by atoms with van der Waals surface area (Å²) in [6.07, 6.45) is 0. The Kier molecular flexibility index (Phi) is 7.14. The molecule has 2 aromatic carbocycles. The van der Waals surface area contributed by atoms with Crippen LogP contribution in [0.15, 0.2) is 57.8 Å². The number of carbonyl (C=O) groups excluding carboxylic acids is 2. The fourth-order valence-electron chi connectivity index (χ4n) is 2.26. The summed E-state index contributed by atoms with van der Waals surface area (Å²) < 4.78 is 30.7. The second-order valence-electron chi connectivity index (χ2n) is 5.70. The van der Waals surface area contributed by atoms with Crippen LogP contribution in [0.5, 0.6) is 0 Å². The van der Waals surface area contributed by atoms with Gasteiger partial charge >= 0.3 is 0 Å². The van der Waals surface area contributed by atoms with Crippen molar-refractivity contribution in [3.05, 3.63) is 76.9 Å². The van der Waals surface area contributed by atoms with Crippen molar-refractivity contribution in [2.45, 2.75) is 9.24 Å². The smallest absolute Gasteiger partial charge is 0.173 e. The van der Waals surface area contributed by atoms with E-state index in [1.165, 1.54) is 60.3 Å². The minimum absolute atomic E-state index is 0.0582. The first-order valence-corrected chi connectivity index (χ1v) is 11.0. The highest BCUT2D eigenvalue weighted by Crippen LogP contribution is 2.34. The SMILES string of the molecule is N#Cc1c(SCC(=O)c2ccc(F)cc2)nsc1SCC(=O)c1ccc(F)cc1. The molecule has 0 amide bonds. The van der Waals surface area contributed by atoms with Crippen LogP contribution in [0, 0.1) is 23.0 Å². The Morgan fingerprint density at radius 3 is 1.86 bits per heavy atom. The number of nitriles is 1. The van der Waals surface area contributed by atoms with E-state index in [-0.39, 0.29) is 23.1 Å². The average Bonchev–Trinajstić information content (AvgIpc) is 3.13. The van der Waals surface area contributed by atoms with E-state index in [9.17, 15) is 23.6 Å². The van der Waals surface area contributed by atoms with Crippen LogP contribution in [-0.4, -0.2) is 27.4 Å². The molecular weight excluding hydrogens is 434 g/mol. The van der Waals surface area contributed by atoms with Crippen LogP contribution in [-0.2, 0) is 0 Å². The molecule has 0 saturated carbocycles. The molecule has 0 spiro atoms. The quantitative estimate of drug-likeness (QED) is 0.348. The minimum Gasteiger partial charge on any atom is -0.293 e. The van der Waals surface area contributed by atoms with Crippen molar-refractivity contribution in [2.24, 2.45) is 0 Å². The summed E-state index contributed by atoms with van der Waals surface area (Å²) >= 11 is 3.39. The molecule has 1 aromatic heterocycles. The number of thioether (sulfide) groups is 2. The summed E-state index contributed by atoms with van der Waals surface area (Å²) in [6.45, 7) is 0. The lowest BCUT2D eigenvalue weighted by Crippen LogP contribution is -2.03. The van der Waals surface area contributed by atoms with E-state index in [0.717, 1.165) is 23.3 Å². The van der Waals surface area contributed by atoms with Gasteiger partial charge in [0, 0.05) is 11.1 Å². The van der Waals surface area contributed by atoms with Gasteiger partial charge in [-0.25, -0.2) is 8.78 Å². The summed E-state index contributed by atoms with van der Waals surface area (Å²) in [5, 5.41) is 9.87. The first-order chi connectivity index (χ1) is 14.0. The van der Waals surface area contributed by atoms with E-state index in [2.05, 4.69) is 10.4 Å². The maximum atomic E-state index is 13.0.